The molecular formula is C12H16BrClFN. The molecule has 0 spiro atoms. The first-order chi connectivity index (χ1) is 7.49. The Morgan fingerprint density at radius 2 is 2.12 bits per heavy atom. The van der Waals surface area contributed by atoms with Crippen LogP contribution in [-0.2, 0) is 6.54 Å². The van der Waals surface area contributed by atoms with Gasteiger partial charge in [-0.3, -0.25) is 0 Å². The SMILES string of the molecule is CC(Br)CC(C)NCc1cc(F)ccc1Cl. The number of hydrogen-bond acceptors (Lipinski definition) is 1. The average Bonchev–Trinajstić information content (AvgIpc) is 2.18. The van der Waals surface area contributed by atoms with Gasteiger partial charge >= 0.3 is 0 Å². The summed E-state index contributed by atoms with van der Waals surface area (Å²) in [5, 5.41) is 3.92. The number of hydrogen-bond donors (Lipinski definition) is 1. The standard InChI is InChI=1S/C12H16BrClFN/c1-8(13)5-9(2)16-7-10-6-11(15)3-4-12(10)14/h3-4,6,8-9,16H,5,7H2,1-2H3. The van der Waals surface area contributed by atoms with Crippen molar-refractivity contribution in [1.29, 1.82) is 0 Å². The van der Waals surface area contributed by atoms with E-state index in [9.17, 15) is 4.39 Å². The predicted octanol–water partition coefficient (Wildman–Crippen LogP) is 4.13. The summed E-state index contributed by atoms with van der Waals surface area (Å²) >= 11 is 9.47. The molecule has 0 amide bonds. The van der Waals surface area contributed by atoms with Gasteiger partial charge in [-0.1, -0.05) is 34.5 Å². The summed E-state index contributed by atoms with van der Waals surface area (Å²) in [6.07, 6.45) is 1.02. The van der Waals surface area contributed by atoms with Crippen LogP contribution in [0.3, 0.4) is 0 Å². The van der Waals surface area contributed by atoms with E-state index in [-0.39, 0.29) is 5.82 Å². The molecule has 1 rings (SSSR count). The molecule has 4 heteroatoms. The van der Waals surface area contributed by atoms with Crippen molar-refractivity contribution in [2.45, 2.75) is 37.7 Å². The third-order valence-electron chi connectivity index (χ3n) is 2.33. The Balaban J connectivity index is 2.51. The van der Waals surface area contributed by atoms with Crippen LogP contribution in [0.1, 0.15) is 25.8 Å². The molecular weight excluding hydrogens is 292 g/mol. The van der Waals surface area contributed by atoms with Crippen LogP contribution in [0.4, 0.5) is 4.39 Å². The molecule has 0 saturated heterocycles. The predicted molar refractivity (Wildman–Crippen MR) is 70.7 cm³/mol. The van der Waals surface area contributed by atoms with Crippen LogP contribution >= 0.6 is 27.5 Å². The number of nitrogens with one attached hydrogen (secondary N) is 1. The highest BCUT2D eigenvalue weighted by molar-refractivity contribution is 9.09. The Labute approximate surface area is 110 Å². The molecule has 2 unspecified atom stereocenters. The quantitative estimate of drug-likeness (QED) is 0.807. The molecule has 0 saturated carbocycles. The maximum absolute atomic E-state index is 13.0. The highest BCUT2D eigenvalue weighted by atomic mass is 79.9. The molecule has 0 aromatic heterocycles. The van der Waals surface area contributed by atoms with Gasteiger partial charge in [0.1, 0.15) is 5.82 Å². The van der Waals surface area contributed by atoms with Crippen molar-refractivity contribution in [1.82, 2.24) is 5.32 Å². The van der Waals surface area contributed by atoms with Crippen LogP contribution in [0.2, 0.25) is 5.02 Å². The fourth-order valence-corrected chi connectivity index (χ4v) is 2.28. The van der Waals surface area contributed by atoms with Gasteiger partial charge in [-0.2, -0.15) is 0 Å². The van der Waals surface area contributed by atoms with Crippen molar-refractivity contribution in [2.24, 2.45) is 0 Å². The molecule has 1 aromatic rings. The Kier molecular flexibility index (Phi) is 5.73. The molecule has 1 N–H and O–H groups in total. The van der Waals surface area contributed by atoms with E-state index in [0.29, 0.717) is 22.4 Å². The monoisotopic (exact) mass is 307 g/mol. The summed E-state index contributed by atoms with van der Waals surface area (Å²) in [5.74, 6) is -0.247. The lowest BCUT2D eigenvalue weighted by Crippen LogP contribution is -2.27. The number of benzene rings is 1. The second-order valence-electron chi connectivity index (χ2n) is 4.03. The van der Waals surface area contributed by atoms with Gasteiger partial charge in [0.25, 0.3) is 0 Å². The van der Waals surface area contributed by atoms with E-state index in [2.05, 4.69) is 35.1 Å². The highest BCUT2D eigenvalue weighted by Crippen LogP contribution is 2.17. The maximum atomic E-state index is 13.0. The average molecular weight is 309 g/mol. The van der Waals surface area contributed by atoms with Crippen molar-refractivity contribution in [3.05, 3.63) is 34.6 Å². The van der Waals surface area contributed by atoms with E-state index in [4.69, 9.17) is 11.6 Å². The summed E-state index contributed by atoms with van der Waals surface area (Å²) in [4.78, 5) is 0.470. The fourth-order valence-electron chi connectivity index (χ4n) is 1.53. The lowest BCUT2D eigenvalue weighted by atomic mass is 10.1. The first kappa shape index (κ1) is 13.9. The van der Waals surface area contributed by atoms with E-state index in [1.807, 2.05) is 0 Å². The largest absolute Gasteiger partial charge is 0.310 e. The molecule has 2 atom stereocenters. The highest BCUT2D eigenvalue weighted by Gasteiger charge is 2.07. The normalized spacial score (nSPS) is 14.8. The van der Waals surface area contributed by atoms with E-state index in [1.165, 1.54) is 12.1 Å². The molecule has 16 heavy (non-hydrogen) atoms. The van der Waals surface area contributed by atoms with Gasteiger partial charge < -0.3 is 5.32 Å². The van der Waals surface area contributed by atoms with Crippen molar-refractivity contribution < 1.29 is 4.39 Å². The van der Waals surface area contributed by atoms with Crippen molar-refractivity contribution in [3.8, 4) is 0 Å². The van der Waals surface area contributed by atoms with Crippen LogP contribution in [-0.4, -0.2) is 10.9 Å². The van der Waals surface area contributed by atoms with E-state index in [1.54, 1.807) is 6.07 Å². The van der Waals surface area contributed by atoms with Gasteiger partial charge in [-0.25, -0.2) is 4.39 Å². The van der Waals surface area contributed by atoms with Crippen LogP contribution in [0.15, 0.2) is 18.2 Å². The molecule has 90 valence electrons. The third kappa shape index (κ3) is 4.81. The Bertz CT molecular complexity index is 344. The van der Waals surface area contributed by atoms with Crippen LogP contribution in [0.25, 0.3) is 0 Å². The van der Waals surface area contributed by atoms with E-state index < -0.39 is 0 Å². The molecule has 0 aliphatic carbocycles. The first-order valence-corrected chi connectivity index (χ1v) is 6.59. The van der Waals surface area contributed by atoms with E-state index in [0.717, 1.165) is 12.0 Å². The van der Waals surface area contributed by atoms with Gasteiger partial charge in [0, 0.05) is 22.4 Å². The molecule has 0 bridgehead atoms. The zero-order chi connectivity index (χ0) is 12.1. The van der Waals surface area contributed by atoms with Gasteiger partial charge in [0.05, 0.1) is 0 Å². The first-order valence-electron chi connectivity index (χ1n) is 5.30. The van der Waals surface area contributed by atoms with Crippen molar-refractivity contribution >= 4 is 27.5 Å². The second kappa shape index (κ2) is 6.58. The molecule has 0 heterocycles. The minimum absolute atomic E-state index is 0.247. The summed E-state index contributed by atoms with van der Waals surface area (Å²) in [6, 6.07) is 4.80. The van der Waals surface area contributed by atoms with Crippen LogP contribution < -0.4 is 5.32 Å². The minimum Gasteiger partial charge on any atom is -0.310 e. The second-order valence-corrected chi connectivity index (χ2v) is 6.00. The van der Waals surface area contributed by atoms with Gasteiger partial charge in [-0.15, -0.1) is 0 Å². The lowest BCUT2D eigenvalue weighted by molar-refractivity contribution is 0.514. The lowest BCUT2D eigenvalue weighted by Gasteiger charge is -2.15. The zero-order valence-corrected chi connectivity index (χ0v) is 11.8. The Hall–Kier alpha value is -0.120. The third-order valence-corrected chi connectivity index (χ3v) is 3.07. The molecule has 1 aromatic carbocycles. The molecule has 0 aliphatic heterocycles. The van der Waals surface area contributed by atoms with Gasteiger partial charge in [-0.05, 0) is 37.1 Å². The van der Waals surface area contributed by atoms with Gasteiger partial charge in [0.15, 0.2) is 0 Å². The molecule has 0 fully saturated rings. The van der Waals surface area contributed by atoms with Crippen LogP contribution in [0.5, 0.6) is 0 Å². The Morgan fingerprint density at radius 3 is 2.75 bits per heavy atom. The molecule has 0 aliphatic rings. The zero-order valence-electron chi connectivity index (χ0n) is 9.43. The summed E-state index contributed by atoms with van der Waals surface area (Å²) < 4.78 is 13.0. The summed E-state index contributed by atoms with van der Waals surface area (Å²) in [5.41, 5.74) is 0.802. The number of halogens is 3. The van der Waals surface area contributed by atoms with E-state index >= 15 is 0 Å². The molecule has 1 nitrogen and oxygen atoms in total. The summed E-state index contributed by atoms with van der Waals surface area (Å²) in [6.45, 7) is 4.80. The van der Waals surface area contributed by atoms with Crippen LogP contribution in [0, 0.1) is 5.82 Å². The van der Waals surface area contributed by atoms with Gasteiger partial charge in [0.2, 0.25) is 0 Å². The minimum atomic E-state index is -0.247. The number of rotatable bonds is 5. The maximum Gasteiger partial charge on any atom is 0.123 e. The molecule has 0 radical (unpaired) electrons. The van der Waals surface area contributed by atoms with Crippen molar-refractivity contribution in [2.75, 3.05) is 0 Å². The number of alkyl halides is 1. The fraction of sp³-hybridized carbons (Fsp3) is 0.500. The Morgan fingerprint density at radius 1 is 1.44 bits per heavy atom. The smallest absolute Gasteiger partial charge is 0.123 e. The topological polar surface area (TPSA) is 12.0 Å². The van der Waals surface area contributed by atoms with Crippen molar-refractivity contribution in [3.63, 3.8) is 0 Å². The summed E-state index contributed by atoms with van der Waals surface area (Å²) in [7, 11) is 0.